The number of nitrogens with one attached hydrogen (secondary N) is 1. The van der Waals surface area contributed by atoms with Crippen LogP contribution in [0.25, 0.3) is 33.1 Å². The number of hydrogen-bond acceptors (Lipinski definition) is 3. The molecule has 0 aliphatic carbocycles. The zero-order valence-corrected chi connectivity index (χ0v) is 17.9. The number of H-pyrrole nitrogens is 1. The van der Waals surface area contributed by atoms with E-state index in [1.807, 2.05) is 57.3 Å². The number of fused-ring (bicyclic) bond motifs is 3. The first-order valence-corrected chi connectivity index (χ1v) is 11.5. The Labute approximate surface area is 171 Å². The number of aromatic amines is 1. The van der Waals surface area contributed by atoms with Crippen molar-refractivity contribution in [2.24, 2.45) is 0 Å². The van der Waals surface area contributed by atoms with E-state index in [-0.39, 0.29) is 5.78 Å². The highest BCUT2D eigenvalue weighted by molar-refractivity contribution is 8.00. The Morgan fingerprint density at radius 1 is 1.21 bits per heavy atom. The molecule has 1 N–H and O–H groups in total. The number of aryl methyl sites for hydroxylation is 2. The average molecular weight is 405 g/mol. The van der Waals surface area contributed by atoms with Crippen LogP contribution in [0.5, 0.6) is 0 Å². The van der Waals surface area contributed by atoms with E-state index in [9.17, 15) is 9.00 Å². The number of benzene rings is 2. The maximum atomic E-state index is 12.9. The zero-order valence-electron chi connectivity index (χ0n) is 17.1. The van der Waals surface area contributed by atoms with Crippen LogP contribution in [0.4, 0.5) is 0 Å². The molecule has 4 nitrogen and oxygen atoms in total. The smallest absolute Gasteiger partial charge is 0.160 e. The van der Waals surface area contributed by atoms with Gasteiger partial charge >= 0.3 is 0 Å². The molecule has 0 saturated carbocycles. The summed E-state index contributed by atoms with van der Waals surface area (Å²) < 4.78 is 12.9. The summed E-state index contributed by atoms with van der Waals surface area (Å²) in [6.07, 6.45) is 1.83. The van der Waals surface area contributed by atoms with Crippen LogP contribution in [-0.2, 0) is 9.52 Å². The molecule has 0 saturated heterocycles. The van der Waals surface area contributed by atoms with Gasteiger partial charge in [0.1, 0.15) is 5.65 Å². The molecule has 0 spiro atoms. The Bertz CT molecular complexity index is 1400. The molecule has 2 aromatic carbocycles. The van der Waals surface area contributed by atoms with Gasteiger partial charge in [-0.05, 0) is 82.7 Å². The maximum absolute atomic E-state index is 12.9. The fourth-order valence-corrected chi connectivity index (χ4v) is 4.85. The van der Waals surface area contributed by atoms with E-state index in [1.165, 1.54) is 0 Å². The fraction of sp³-hybridized carbons (Fsp3) is 0.208. The van der Waals surface area contributed by atoms with Crippen LogP contribution in [0.3, 0.4) is 0 Å². The summed E-state index contributed by atoms with van der Waals surface area (Å²) in [6.45, 7) is 7.44. The number of rotatable bonds is 4. The van der Waals surface area contributed by atoms with E-state index in [0.717, 1.165) is 49.1 Å². The van der Waals surface area contributed by atoms with Crippen molar-refractivity contribution in [2.45, 2.75) is 32.6 Å². The molecular weight excluding hydrogens is 380 g/mol. The molecule has 5 heteroatoms. The molecule has 0 aliphatic heterocycles. The van der Waals surface area contributed by atoms with Gasteiger partial charge in [0, 0.05) is 33.2 Å². The van der Waals surface area contributed by atoms with Crippen LogP contribution in [0.2, 0.25) is 0 Å². The largest absolute Gasteiger partial charge is 0.339 e. The molecule has 0 bridgehead atoms. The highest BCUT2D eigenvalue weighted by atomic mass is 32.2. The third kappa shape index (κ3) is 3.15. The zero-order chi connectivity index (χ0) is 20.9. The average Bonchev–Trinajstić information content (AvgIpc) is 3.07. The summed E-state index contributed by atoms with van der Waals surface area (Å²) in [7, 11) is -2.34. The van der Waals surface area contributed by atoms with E-state index in [2.05, 4.69) is 21.9 Å². The van der Waals surface area contributed by atoms with Crippen molar-refractivity contribution in [3.05, 3.63) is 59.3 Å². The first-order chi connectivity index (χ1) is 13.7. The molecule has 4 aromatic rings. The summed E-state index contributed by atoms with van der Waals surface area (Å²) in [5.41, 5.74) is 6.21. The Kier molecular flexibility index (Phi) is 4.58. The van der Waals surface area contributed by atoms with Gasteiger partial charge in [-0.3, -0.25) is 9.00 Å². The Morgan fingerprint density at radius 3 is 2.66 bits per heavy atom. The summed E-state index contributed by atoms with van der Waals surface area (Å²) in [5, 5.41) is 2.05. The second-order valence-electron chi connectivity index (χ2n) is 7.57. The van der Waals surface area contributed by atoms with Gasteiger partial charge in [-0.2, -0.15) is 0 Å². The van der Waals surface area contributed by atoms with Gasteiger partial charge in [0.05, 0.1) is 5.52 Å². The number of hydrogen-bond donors (Lipinski definition) is 1. The minimum absolute atomic E-state index is 0.0131. The van der Waals surface area contributed by atoms with Gasteiger partial charge in [0.25, 0.3) is 0 Å². The molecule has 1 atom stereocenters. The number of aromatic nitrogens is 2. The summed E-state index contributed by atoms with van der Waals surface area (Å²) in [4.78, 5) is 21.0. The van der Waals surface area contributed by atoms with E-state index in [4.69, 9.17) is 0 Å². The van der Waals surface area contributed by atoms with E-state index in [1.54, 1.807) is 6.92 Å². The lowest BCUT2D eigenvalue weighted by molar-refractivity contribution is 0.101. The lowest BCUT2D eigenvalue weighted by atomic mass is 9.92. The number of nitrogens with zero attached hydrogens (tertiary/aromatic N) is 1. The summed E-state index contributed by atoms with van der Waals surface area (Å²) in [5.74, 6) is 4.42. The molecule has 1 unspecified atom stereocenters. The number of Topliss-reactive ketones (excluding diaryl/α,β-unsaturated/α-hetero) is 1. The Hall–Kier alpha value is -2.92. The second kappa shape index (κ2) is 6.85. The van der Waals surface area contributed by atoms with Gasteiger partial charge < -0.3 is 4.98 Å². The first kappa shape index (κ1) is 19.4. The number of pyridine rings is 1. The van der Waals surface area contributed by atoms with Crippen LogP contribution in [-0.4, -0.2) is 31.6 Å². The third-order valence-electron chi connectivity index (χ3n) is 5.54. The lowest BCUT2D eigenvalue weighted by Gasteiger charge is -2.13. The van der Waals surface area contributed by atoms with E-state index >= 15 is 0 Å². The molecular formula is C24H24N2O2S. The molecule has 0 amide bonds. The van der Waals surface area contributed by atoms with E-state index in [0.29, 0.717) is 11.3 Å². The molecule has 2 aromatic heterocycles. The van der Waals surface area contributed by atoms with Gasteiger partial charge in [0.15, 0.2) is 5.78 Å². The highest BCUT2D eigenvalue weighted by Gasteiger charge is 2.19. The monoisotopic (exact) mass is 404 g/mol. The molecule has 29 heavy (non-hydrogen) atoms. The van der Waals surface area contributed by atoms with Crippen LogP contribution in [0.1, 0.15) is 35.3 Å². The van der Waals surface area contributed by atoms with Crippen LogP contribution < -0.4 is 0 Å². The quantitative estimate of drug-likeness (QED) is 0.371. The molecule has 0 aliphatic rings. The predicted molar refractivity (Wildman–Crippen MR) is 123 cm³/mol. The molecule has 0 radical (unpaired) electrons. The van der Waals surface area contributed by atoms with Crippen LogP contribution >= 0.6 is 0 Å². The van der Waals surface area contributed by atoms with Crippen molar-refractivity contribution < 1.29 is 9.00 Å². The minimum Gasteiger partial charge on any atom is -0.339 e. The van der Waals surface area contributed by atoms with Crippen LogP contribution in [0.15, 0.2) is 47.5 Å². The minimum atomic E-state index is -2.34. The first-order valence-electron chi connectivity index (χ1n) is 9.61. The third-order valence-corrected chi connectivity index (χ3v) is 7.59. The van der Waals surface area contributed by atoms with Gasteiger partial charge in [-0.1, -0.05) is 19.1 Å². The number of carbonyl (C=O) groups excluding carboxylic acids is 1. The van der Waals surface area contributed by atoms with Gasteiger partial charge in [-0.25, -0.2) is 4.98 Å². The highest BCUT2D eigenvalue weighted by Crippen LogP contribution is 2.38. The predicted octanol–water partition coefficient (Wildman–Crippen LogP) is 5.30. The van der Waals surface area contributed by atoms with Crippen molar-refractivity contribution in [2.75, 3.05) is 5.75 Å². The maximum Gasteiger partial charge on any atom is 0.160 e. The van der Waals surface area contributed by atoms with Crippen molar-refractivity contribution in [3.8, 4) is 11.1 Å². The van der Waals surface area contributed by atoms with Crippen LogP contribution in [0, 0.1) is 13.8 Å². The number of carbonyl (C=O) groups is 1. The molecule has 2 heterocycles. The topological polar surface area (TPSA) is 62.8 Å². The van der Waals surface area contributed by atoms with Crippen molar-refractivity contribution in [1.29, 1.82) is 0 Å². The summed E-state index contributed by atoms with van der Waals surface area (Å²) in [6, 6.07) is 11.8. The second-order valence-corrected chi connectivity index (χ2v) is 10.2. The van der Waals surface area contributed by atoms with Crippen molar-refractivity contribution in [3.63, 3.8) is 0 Å². The fourth-order valence-electron chi connectivity index (χ4n) is 3.85. The lowest BCUT2D eigenvalue weighted by Crippen LogP contribution is -2.03. The van der Waals surface area contributed by atoms with Gasteiger partial charge in [0.2, 0.25) is 0 Å². The van der Waals surface area contributed by atoms with Crippen molar-refractivity contribution in [1.82, 2.24) is 9.97 Å². The van der Waals surface area contributed by atoms with Gasteiger partial charge in [-0.15, -0.1) is 0 Å². The molecule has 4 rings (SSSR count). The number of ketones is 1. The summed E-state index contributed by atoms with van der Waals surface area (Å²) >= 11 is 0. The molecule has 0 fully saturated rings. The SMILES string of the molecule is C=S(=O)(CC)c1cccc(-c2cc(C(C)=O)c(C)c3[nH]c4ncc(C)cc4c23)c1. The Morgan fingerprint density at radius 2 is 1.97 bits per heavy atom. The van der Waals surface area contributed by atoms with E-state index < -0.39 is 9.52 Å². The normalized spacial score (nSPS) is 13.7. The standard InChI is InChI=1S/C24H24N2O2S/c1-6-29(5,28)18-9-7-8-17(11-18)20-12-19(16(4)27)15(3)23-22(20)21-10-14(2)13-25-24(21)26-23/h7-13H,5-6H2,1-4H3,(H,25,26). The molecule has 148 valence electrons. The Balaban J connectivity index is 2.15. The van der Waals surface area contributed by atoms with Crippen molar-refractivity contribution >= 4 is 43.1 Å².